The van der Waals surface area contributed by atoms with E-state index in [1.165, 1.54) is 0 Å². The van der Waals surface area contributed by atoms with Gasteiger partial charge in [0.05, 0.1) is 16.8 Å². The van der Waals surface area contributed by atoms with Gasteiger partial charge in [-0.1, -0.05) is 29.8 Å². The van der Waals surface area contributed by atoms with Gasteiger partial charge in [0.15, 0.2) is 11.5 Å². The van der Waals surface area contributed by atoms with Crippen LogP contribution >= 0.6 is 11.6 Å². The molecule has 0 aromatic heterocycles. The number of likely N-dealkylation sites (N-methyl/N-ethyl adjacent to an activating group) is 1. The zero-order valence-corrected chi connectivity index (χ0v) is 14.3. The summed E-state index contributed by atoms with van der Waals surface area (Å²) < 4.78 is 10.7. The predicted octanol–water partition coefficient (Wildman–Crippen LogP) is 3.53. The van der Waals surface area contributed by atoms with Crippen molar-refractivity contribution in [2.75, 3.05) is 19.2 Å². The van der Waals surface area contributed by atoms with Crippen LogP contribution in [-0.2, 0) is 11.3 Å². The molecule has 1 aliphatic heterocycles. The van der Waals surface area contributed by atoms with Gasteiger partial charge in [-0.05, 0) is 43.8 Å². The molecule has 0 aliphatic carbocycles. The van der Waals surface area contributed by atoms with Crippen molar-refractivity contribution in [2.45, 2.75) is 19.5 Å². The maximum absolute atomic E-state index is 12.4. The number of carbonyl (C=O) groups excluding carboxylic acids is 1. The van der Waals surface area contributed by atoms with Crippen molar-refractivity contribution in [3.8, 4) is 11.5 Å². The Balaban J connectivity index is 1.63. The molecule has 5 nitrogen and oxygen atoms in total. The molecule has 0 bridgehead atoms. The maximum Gasteiger partial charge on any atom is 0.241 e. The van der Waals surface area contributed by atoms with Crippen LogP contribution in [0.5, 0.6) is 11.5 Å². The smallest absolute Gasteiger partial charge is 0.241 e. The summed E-state index contributed by atoms with van der Waals surface area (Å²) in [6, 6.07) is 12.7. The Hall–Kier alpha value is -2.24. The first kappa shape index (κ1) is 16.6. The highest BCUT2D eigenvalue weighted by Crippen LogP contribution is 2.32. The van der Waals surface area contributed by atoms with Gasteiger partial charge in [0.2, 0.25) is 12.7 Å². The van der Waals surface area contributed by atoms with Gasteiger partial charge in [-0.25, -0.2) is 0 Å². The zero-order valence-electron chi connectivity index (χ0n) is 13.6. The molecule has 1 unspecified atom stereocenters. The van der Waals surface area contributed by atoms with E-state index in [1.54, 1.807) is 12.1 Å². The fourth-order valence-corrected chi connectivity index (χ4v) is 2.65. The van der Waals surface area contributed by atoms with Crippen molar-refractivity contribution in [3.05, 3.63) is 53.1 Å². The van der Waals surface area contributed by atoms with Gasteiger partial charge in [0.1, 0.15) is 0 Å². The number of nitrogens with zero attached hydrogens (tertiary/aromatic N) is 1. The highest BCUT2D eigenvalue weighted by Gasteiger charge is 2.20. The molecule has 2 aromatic rings. The molecular formula is C18H19ClN2O3. The Morgan fingerprint density at radius 3 is 2.79 bits per heavy atom. The standard InChI is InChI=1S/C18H19ClN2O3/c1-12(18(22)20-15-6-4-3-5-14(15)19)21(2)10-13-7-8-16-17(9-13)24-11-23-16/h3-9,12H,10-11H2,1-2H3,(H,20,22). The van der Waals surface area contributed by atoms with Crippen LogP contribution in [0.3, 0.4) is 0 Å². The summed E-state index contributed by atoms with van der Waals surface area (Å²) >= 11 is 6.08. The lowest BCUT2D eigenvalue weighted by atomic mass is 10.1. The Kier molecular flexibility index (Phi) is 4.92. The van der Waals surface area contributed by atoms with E-state index in [4.69, 9.17) is 21.1 Å². The van der Waals surface area contributed by atoms with Crippen molar-refractivity contribution in [2.24, 2.45) is 0 Å². The maximum atomic E-state index is 12.4. The summed E-state index contributed by atoms with van der Waals surface area (Å²) in [5.74, 6) is 1.39. The van der Waals surface area contributed by atoms with Gasteiger partial charge in [-0.3, -0.25) is 9.69 Å². The molecule has 2 aromatic carbocycles. The molecule has 0 fully saturated rings. The third kappa shape index (κ3) is 3.63. The third-order valence-corrected chi connectivity index (χ3v) is 4.37. The molecule has 24 heavy (non-hydrogen) atoms. The lowest BCUT2D eigenvalue weighted by Gasteiger charge is -2.24. The first-order valence-corrected chi connectivity index (χ1v) is 8.06. The van der Waals surface area contributed by atoms with E-state index in [2.05, 4.69) is 5.32 Å². The Morgan fingerprint density at radius 2 is 2.00 bits per heavy atom. The SMILES string of the molecule is CC(C(=O)Nc1ccccc1Cl)N(C)Cc1ccc2c(c1)OCO2. The number of ether oxygens (including phenoxy) is 2. The molecule has 1 heterocycles. The number of amides is 1. The molecule has 1 aliphatic rings. The van der Waals surface area contributed by atoms with E-state index in [0.29, 0.717) is 17.3 Å². The van der Waals surface area contributed by atoms with Gasteiger partial charge in [-0.2, -0.15) is 0 Å². The summed E-state index contributed by atoms with van der Waals surface area (Å²) in [7, 11) is 1.90. The summed E-state index contributed by atoms with van der Waals surface area (Å²) in [5, 5.41) is 3.39. The molecule has 1 amide bonds. The number of carbonyl (C=O) groups is 1. The summed E-state index contributed by atoms with van der Waals surface area (Å²) in [5.41, 5.74) is 1.67. The van der Waals surface area contributed by atoms with Crippen LogP contribution in [0.1, 0.15) is 12.5 Å². The number of hydrogen-bond acceptors (Lipinski definition) is 4. The van der Waals surface area contributed by atoms with E-state index >= 15 is 0 Å². The number of anilines is 1. The molecule has 0 saturated heterocycles. The predicted molar refractivity (Wildman–Crippen MR) is 93.6 cm³/mol. The fraction of sp³-hybridized carbons (Fsp3) is 0.278. The van der Waals surface area contributed by atoms with E-state index < -0.39 is 0 Å². The second-order valence-corrected chi connectivity index (χ2v) is 6.15. The van der Waals surface area contributed by atoms with Crippen LogP contribution in [-0.4, -0.2) is 30.7 Å². The summed E-state index contributed by atoms with van der Waals surface area (Å²) in [6.45, 7) is 2.73. The van der Waals surface area contributed by atoms with E-state index in [9.17, 15) is 4.79 Å². The Labute approximate surface area is 146 Å². The minimum atomic E-state index is -0.313. The van der Waals surface area contributed by atoms with Crippen molar-refractivity contribution in [3.63, 3.8) is 0 Å². The van der Waals surface area contributed by atoms with E-state index in [-0.39, 0.29) is 18.7 Å². The van der Waals surface area contributed by atoms with Gasteiger partial charge in [0.25, 0.3) is 0 Å². The number of halogens is 1. The largest absolute Gasteiger partial charge is 0.454 e. The monoisotopic (exact) mass is 346 g/mol. The number of benzene rings is 2. The quantitative estimate of drug-likeness (QED) is 0.899. The third-order valence-electron chi connectivity index (χ3n) is 4.04. The lowest BCUT2D eigenvalue weighted by Crippen LogP contribution is -2.39. The van der Waals surface area contributed by atoms with Gasteiger partial charge < -0.3 is 14.8 Å². The van der Waals surface area contributed by atoms with Crippen molar-refractivity contribution >= 4 is 23.2 Å². The molecular weight excluding hydrogens is 328 g/mol. The van der Waals surface area contributed by atoms with Crippen molar-refractivity contribution < 1.29 is 14.3 Å². The fourth-order valence-electron chi connectivity index (χ4n) is 2.46. The number of rotatable bonds is 5. The van der Waals surface area contributed by atoms with Crippen LogP contribution in [0.25, 0.3) is 0 Å². The van der Waals surface area contributed by atoms with Crippen molar-refractivity contribution in [1.82, 2.24) is 4.90 Å². The van der Waals surface area contributed by atoms with Crippen LogP contribution in [0.15, 0.2) is 42.5 Å². The normalized spacial score (nSPS) is 13.8. The molecule has 0 radical (unpaired) electrons. The highest BCUT2D eigenvalue weighted by molar-refractivity contribution is 6.33. The minimum Gasteiger partial charge on any atom is -0.454 e. The number of hydrogen-bond donors (Lipinski definition) is 1. The second kappa shape index (κ2) is 7.11. The minimum absolute atomic E-state index is 0.105. The summed E-state index contributed by atoms with van der Waals surface area (Å²) in [4.78, 5) is 14.4. The molecule has 1 N–H and O–H groups in total. The average Bonchev–Trinajstić information content (AvgIpc) is 3.03. The topological polar surface area (TPSA) is 50.8 Å². The number of para-hydroxylation sites is 1. The zero-order chi connectivity index (χ0) is 17.1. The highest BCUT2D eigenvalue weighted by atomic mass is 35.5. The van der Waals surface area contributed by atoms with Crippen LogP contribution in [0.4, 0.5) is 5.69 Å². The molecule has 1 atom stereocenters. The second-order valence-electron chi connectivity index (χ2n) is 5.75. The molecule has 0 saturated carbocycles. The van der Waals surface area contributed by atoms with Crippen LogP contribution < -0.4 is 14.8 Å². The van der Waals surface area contributed by atoms with Gasteiger partial charge in [-0.15, -0.1) is 0 Å². The Bertz CT molecular complexity index is 751. The lowest BCUT2D eigenvalue weighted by molar-refractivity contribution is -0.120. The van der Waals surface area contributed by atoms with Gasteiger partial charge in [0, 0.05) is 6.54 Å². The molecule has 126 valence electrons. The first-order valence-electron chi connectivity index (χ1n) is 7.69. The van der Waals surface area contributed by atoms with Crippen LogP contribution in [0, 0.1) is 0 Å². The van der Waals surface area contributed by atoms with Crippen LogP contribution in [0.2, 0.25) is 5.02 Å². The van der Waals surface area contributed by atoms with E-state index in [1.807, 2.05) is 49.2 Å². The first-order chi connectivity index (χ1) is 11.5. The van der Waals surface area contributed by atoms with E-state index in [0.717, 1.165) is 17.1 Å². The Morgan fingerprint density at radius 1 is 1.25 bits per heavy atom. The summed E-state index contributed by atoms with van der Waals surface area (Å²) in [6.07, 6.45) is 0. The van der Waals surface area contributed by atoms with Gasteiger partial charge >= 0.3 is 0 Å². The molecule has 0 spiro atoms. The van der Waals surface area contributed by atoms with Crippen molar-refractivity contribution in [1.29, 1.82) is 0 Å². The molecule has 6 heteroatoms. The molecule has 3 rings (SSSR count). The number of fused-ring (bicyclic) bond motifs is 1. The number of nitrogens with one attached hydrogen (secondary N) is 1. The average molecular weight is 347 g/mol.